The molecule has 7 nitrogen and oxygen atoms in total. The molecule has 1 fully saturated rings. The summed E-state index contributed by atoms with van der Waals surface area (Å²) in [5.41, 5.74) is 3.74. The van der Waals surface area contributed by atoms with Gasteiger partial charge in [-0.2, -0.15) is 0 Å². The lowest BCUT2D eigenvalue weighted by Gasteiger charge is -2.12. The number of H-pyrrole nitrogens is 1. The Kier molecular flexibility index (Phi) is 4.31. The maximum absolute atomic E-state index is 13.3. The third kappa shape index (κ3) is 3.29. The highest BCUT2D eigenvalue weighted by atomic mass is 32.2. The summed E-state index contributed by atoms with van der Waals surface area (Å²) < 4.78 is 1.81. The summed E-state index contributed by atoms with van der Waals surface area (Å²) in [6.45, 7) is 0. The van der Waals surface area contributed by atoms with Gasteiger partial charge in [-0.25, -0.2) is 19.9 Å². The Morgan fingerprint density at radius 1 is 1.00 bits per heavy atom. The van der Waals surface area contributed by atoms with Crippen LogP contribution >= 0.6 is 11.8 Å². The summed E-state index contributed by atoms with van der Waals surface area (Å²) in [5, 5.41) is 0.655. The summed E-state index contributed by atoms with van der Waals surface area (Å²) >= 11 is 1.50. The maximum Gasteiger partial charge on any atom is 0.282 e. The molecule has 1 aliphatic rings. The van der Waals surface area contributed by atoms with Crippen molar-refractivity contribution in [3.8, 4) is 0 Å². The van der Waals surface area contributed by atoms with E-state index in [1.807, 2.05) is 47.0 Å². The lowest BCUT2D eigenvalue weighted by Crippen LogP contribution is -2.24. The predicted octanol–water partition coefficient (Wildman–Crippen LogP) is 4.08. The van der Waals surface area contributed by atoms with Gasteiger partial charge in [-0.15, -0.1) is 0 Å². The quantitative estimate of drug-likeness (QED) is 0.336. The topological polar surface area (TPSA) is 89.3 Å². The Hall–Kier alpha value is -3.52. The molecular formula is C23H18N6OS. The van der Waals surface area contributed by atoms with E-state index >= 15 is 0 Å². The molecule has 5 aromatic rings. The smallest absolute Gasteiger partial charge is 0.282 e. The molecule has 3 aromatic heterocycles. The Bertz CT molecular complexity index is 1430. The Labute approximate surface area is 181 Å². The van der Waals surface area contributed by atoms with Crippen LogP contribution in [0, 0.1) is 0 Å². The zero-order valence-corrected chi connectivity index (χ0v) is 17.3. The standard InChI is InChI=1S/C23H18N6OS/c30-22-20-21(25-11-10-24-20)28-23(29(22)18-12-15(18)14-6-2-1-3-7-14)31-13-19-26-16-8-4-5-9-17(16)27-19/h1-11,15,18H,12-13H2,(H,26,27)/t15-,18+/m0/s1. The largest absolute Gasteiger partial charge is 0.341 e. The van der Waals surface area contributed by atoms with E-state index in [-0.39, 0.29) is 11.6 Å². The summed E-state index contributed by atoms with van der Waals surface area (Å²) in [5.74, 6) is 1.73. The fraction of sp³-hybridized carbons (Fsp3) is 0.174. The fourth-order valence-corrected chi connectivity index (χ4v) is 4.95. The van der Waals surface area contributed by atoms with Gasteiger partial charge in [-0.3, -0.25) is 9.36 Å². The predicted molar refractivity (Wildman–Crippen MR) is 120 cm³/mol. The van der Waals surface area contributed by atoms with Gasteiger partial charge in [-0.1, -0.05) is 54.2 Å². The zero-order valence-electron chi connectivity index (χ0n) is 16.5. The second-order valence-corrected chi connectivity index (χ2v) is 8.55. The molecule has 1 N–H and O–H groups in total. The Balaban J connectivity index is 1.38. The van der Waals surface area contributed by atoms with E-state index < -0.39 is 0 Å². The summed E-state index contributed by atoms with van der Waals surface area (Å²) in [6, 6.07) is 18.3. The van der Waals surface area contributed by atoms with Crippen LogP contribution in [0.2, 0.25) is 0 Å². The number of para-hydroxylation sites is 2. The highest BCUT2D eigenvalue weighted by Crippen LogP contribution is 2.51. The van der Waals surface area contributed by atoms with E-state index in [4.69, 9.17) is 4.98 Å². The average molecular weight is 427 g/mol. The van der Waals surface area contributed by atoms with Crippen molar-refractivity contribution < 1.29 is 0 Å². The van der Waals surface area contributed by atoms with Gasteiger partial charge in [0.1, 0.15) is 5.82 Å². The van der Waals surface area contributed by atoms with Crippen molar-refractivity contribution in [2.75, 3.05) is 0 Å². The maximum atomic E-state index is 13.3. The first kappa shape index (κ1) is 18.3. The van der Waals surface area contributed by atoms with Crippen LogP contribution in [0.4, 0.5) is 0 Å². The van der Waals surface area contributed by atoms with Gasteiger partial charge in [-0.05, 0) is 24.1 Å². The molecular weight excluding hydrogens is 408 g/mol. The molecule has 1 saturated carbocycles. The Morgan fingerprint density at radius 2 is 1.81 bits per heavy atom. The number of thioether (sulfide) groups is 1. The normalized spacial score (nSPS) is 17.9. The van der Waals surface area contributed by atoms with Crippen LogP contribution in [-0.4, -0.2) is 29.5 Å². The first-order valence-corrected chi connectivity index (χ1v) is 11.1. The van der Waals surface area contributed by atoms with Gasteiger partial charge in [0.25, 0.3) is 5.56 Å². The molecule has 152 valence electrons. The molecule has 2 aromatic carbocycles. The minimum absolute atomic E-state index is 0.0759. The monoisotopic (exact) mass is 426 g/mol. The van der Waals surface area contributed by atoms with Gasteiger partial charge in [0.05, 0.1) is 16.8 Å². The van der Waals surface area contributed by atoms with Gasteiger partial charge in [0.2, 0.25) is 0 Å². The van der Waals surface area contributed by atoms with Crippen LogP contribution in [-0.2, 0) is 5.75 Å². The molecule has 0 amide bonds. The first-order valence-electron chi connectivity index (χ1n) is 10.1. The van der Waals surface area contributed by atoms with E-state index in [1.54, 1.807) is 12.4 Å². The first-order chi connectivity index (χ1) is 15.3. The number of benzene rings is 2. The third-order valence-corrected chi connectivity index (χ3v) is 6.56. The molecule has 3 heterocycles. The number of aromatic amines is 1. The summed E-state index contributed by atoms with van der Waals surface area (Å²) in [6.07, 6.45) is 4.02. The number of fused-ring (bicyclic) bond motifs is 2. The van der Waals surface area contributed by atoms with Crippen molar-refractivity contribution in [2.24, 2.45) is 0 Å². The van der Waals surface area contributed by atoms with E-state index in [0.717, 1.165) is 23.3 Å². The summed E-state index contributed by atoms with van der Waals surface area (Å²) in [4.78, 5) is 34.6. The number of hydrogen-bond acceptors (Lipinski definition) is 6. The van der Waals surface area contributed by atoms with Gasteiger partial charge < -0.3 is 4.98 Å². The average Bonchev–Trinajstić information content (AvgIpc) is 3.48. The van der Waals surface area contributed by atoms with Crippen molar-refractivity contribution in [1.82, 2.24) is 29.5 Å². The molecule has 0 aliphatic heterocycles. The van der Waals surface area contributed by atoms with Gasteiger partial charge >= 0.3 is 0 Å². The second kappa shape index (κ2) is 7.31. The highest BCUT2D eigenvalue weighted by molar-refractivity contribution is 7.98. The summed E-state index contributed by atoms with van der Waals surface area (Å²) in [7, 11) is 0. The second-order valence-electron chi connectivity index (χ2n) is 7.61. The van der Waals surface area contributed by atoms with Crippen molar-refractivity contribution >= 4 is 34.0 Å². The van der Waals surface area contributed by atoms with Crippen LogP contribution in [0.3, 0.4) is 0 Å². The van der Waals surface area contributed by atoms with Gasteiger partial charge in [0, 0.05) is 24.4 Å². The van der Waals surface area contributed by atoms with E-state index in [2.05, 4.69) is 32.1 Å². The third-order valence-electron chi connectivity index (χ3n) is 5.60. The molecule has 0 unspecified atom stereocenters. The van der Waals surface area contributed by atoms with Crippen LogP contribution in [0.5, 0.6) is 0 Å². The van der Waals surface area contributed by atoms with Crippen molar-refractivity contribution in [3.63, 3.8) is 0 Å². The number of nitrogens with one attached hydrogen (secondary N) is 1. The van der Waals surface area contributed by atoms with Crippen LogP contribution in [0.1, 0.15) is 29.8 Å². The SMILES string of the molecule is O=c1c2nccnc2nc(SCc2nc3ccccc3[nH]2)n1[C@@H]1C[C@H]1c1ccccc1. The molecule has 0 saturated heterocycles. The zero-order chi connectivity index (χ0) is 20.8. The number of nitrogens with zero attached hydrogens (tertiary/aromatic N) is 5. The molecule has 0 bridgehead atoms. The minimum Gasteiger partial charge on any atom is -0.341 e. The lowest BCUT2D eigenvalue weighted by molar-refractivity contribution is 0.600. The molecule has 1 aliphatic carbocycles. The molecule has 2 atom stereocenters. The van der Waals surface area contributed by atoms with Crippen LogP contribution < -0.4 is 5.56 Å². The number of hydrogen-bond donors (Lipinski definition) is 1. The van der Waals surface area contributed by atoms with Crippen LogP contribution in [0.15, 0.2) is 76.9 Å². The fourth-order valence-electron chi connectivity index (χ4n) is 4.04. The number of rotatable bonds is 5. The number of aromatic nitrogens is 6. The van der Waals surface area contributed by atoms with Crippen molar-refractivity contribution in [2.45, 2.75) is 29.3 Å². The molecule has 8 heteroatoms. The van der Waals surface area contributed by atoms with E-state index in [1.165, 1.54) is 17.3 Å². The highest BCUT2D eigenvalue weighted by Gasteiger charge is 2.42. The van der Waals surface area contributed by atoms with E-state index in [0.29, 0.717) is 28.0 Å². The number of imidazole rings is 1. The van der Waals surface area contributed by atoms with Crippen molar-refractivity contribution in [3.05, 3.63) is 88.7 Å². The molecule has 0 radical (unpaired) electrons. The molecule has 6 rings (SSSR count). The van der Waals surface area contributed by atoms with Gasteiger partial charge in [0.15, 0.2) is 16.3 Å². The lowest BCUT2D eigenvalue weighted by atomic mass is 10.1. The minimum atomic E-state index is -0.131. The van der Waals surface area contributed by atoms with Crippen molar-refractivity contribution in [1.29, 1.82) is 0 Å². The molecule has 31 heavy (non-hydrogen) atoms. The Morgan fingerprint density at radius 3 is 2.68 bits per heavy atom. The van der Waals surface area contributed by atoms with E-state index in [9.17, 15) is 4.79 Å². The molecule has 0 spiro atoms. The van der Waals surface area contributed by atoms with Crippen LogP contribution in [0.25, 0.3) is 22.2 Å².